The number of hydrogen-bond acceptors (Lipinski definition) is 5. The van der Waals surface area contributed by atoms with E-state index in [-0.39, 0.29) is 17.7 Å². The Balaban J connectivity index is 1.87. The average molecular weight is 495 g/mol. The van der Waals surface area contributed by atoms with Gasteiger partial charge in [-0.15, -0.1) is 17.9 Å². The van der Waals surface area contributed by atoms with E-state index in [1.807, 2.05) is 60.5 Å². The predicted octanol–water partition coefficient (Wildman–Crippen LogP) is 3.23. The number of para-hydroxylation sites is 1. The molecule has 166 valence electrons. The van der Waals surface area contributed by atoms with Crippen LogP contribution >= 0.6 is 34.7 Å². The Morgan fingerprint density at radius 1 is 1.12 bits per heavy atom. The third-order valence-corrected chi connectivity index (χ3v) is 8.17. The second-order valence-electron chi connectivity index (χ2n) is 7.46. The molecule has 0 spiro atoms. The summed E-state index contributed by atoms with van der Waals surface area (Å²) in [6.07, 6.45) is 1.65. The smallest absolute Gasteiger partial charge is 0.282 e. The van der Waals surface area contributed by atoms with Gasteiger partial charge in [0.1, 0.15) is 19.4 Å². The third-order valence-electron chi connectivity index (χ3n) is 5.38. The summed E-state index contributed by atoms with van der Waals surface area (Å²) < 4.78 is 4.13. The Morgan fingerprint density at radius 3 is 2.61 bits per heavy atom. The molecule has 0 saturated heterocycles. The minimum atomic E-state index is -0.260. The number of rotatable bonds is 3. The van der Waals surface area contributed by atoms with E-state index in [1.165, 1.54) is 27.8 Å². The Morgan fingerprint density at radius 2 is 1.88 bits per heavy atom. The van der Waals surface area contributed by atoms with Crippen molar-refractivity contribution in [2.45, 2.75) is 11.4 Å². The highest BCUT2D eigenvalue weighted by atomic mass is 35.5. The molecule has 0 fully saturated rings. The molecule has 1 N–H and O–H groups in total. The summed E-state index contributed by atoms with van der Waals surface area (Å²) in [4.78, 5) is 29.9. The molecule has 9 heteroatoms. The molecule has 1 aliphatic rings. The van der Waals surface area contributed by atoms with Gasteiger partial charge < -0.3 is 4.90 Å². The summed E-state index contributed by atoms with van der Waals surface area (Å²) >= 11 is 8.99. The van der Waals surface area contributed by atoms with Gasteiger partial charge in [0, 0.05) is 23.5 Å². The Kier molecular flexibility index (Phi) is 5.44. The normalized spacial score (nSPS) is 15.6. The lowest BCUT2D eigenvalue weighted by molar-refractivity contribution is 0.774. The molecule has 0 unspecified atom stereocenters. The Bertz CT molecular complexity index is 1730. The van der Waals surface area contributed by atoms with Crippen LogP contribution in [0.4, 0.5) is 5.69 Å². The molecule has 6 nitrogen and oxygen atoms in total. The van der Waals surface area contributed by atoms with E-state index < -0.39 is 0 Å². The number of halogens is 1. The number of anilines is 1. The van der Waals surface area contributed by atoms with E-state index in [0.29, 0.717) is 30.5 Å². The SMILES string of the molecule is C=CCn1c(=c2c(=C)[nH]n(-c3ccccc3)c2=O)s/c(=C2\Sc3ccc(Cl)cc3N2C)c1=O. The van der Waals surface area contributed by atoms with Crippen molar-refractivity contribution in [1.29, 1.82) is 0 Å². The van der Waals surface area contributed by atoms with Crippen molar-refractivity contribution in [2.75, 3.05) is 11.9 Å². The van der Waals surface area contributed by atoms with Gasteiger partial charge in [-0.25, -0.2) is 4.68 Å². The van der Waals surface area contributed by atoms with E-state index in [0.717, 1.165) is 15.6 Å². The van der Waals surface area contributed by atoms with Crippen molar-refractivity contribution in [3.8, 4) is 5.69 Å². The van der Waals surface area contributed by atoms with Crippen molar-refractivity contribution in [1.82, 2.24) is 14.3 Å². The standard InChI is InChI=1S/C24H19ClN4O2S2/c1-4-12-28-22(31)20(24-27(3)17-13-15(25)10-11-18(17)32-24)33-23(28)19-14(2)26-29(21(19)30)16-8-6-5-7-9-16/h4-11,13,26H,1-2,12H2,3H3/b23-19?,24-20-. The second-order valence-corrected chi connectivity index (χ2v) is 9.93. The number of benzene rings is 2. The van der Waals surface area contributed by atoms with Crippen LogP contribution in [0.15, 0.2) is 75.7 Å². The lowest BCUT2D eigenvalue weighted by atomic mass is 10.3. The van der Waals surface area contributed by atoms with Gasteiger partial charge in [-0.3, -0.25) is 19.3 Å². The zero-order valence-corrected chi connectivity index (χ0v) is 20.1. The molecule has 3 heterocycles. The summed E-state index contributed by atoms with van der Waals surface area (Å²) in [5, 5.41) is 5.30. The lowest BCUT2D eigenvalue weighted by Gasteiger charge is -2.12. The highest BCUT2D eigenvalue weighted by molar-refractivity contribution is 8.08. The number of thiazole rings is 1. The first-order valence-electron chi connectivity index (χ1n) is 10.1. The summed E-state index contributed by atoms with van der Waals surface area (Å²) in [7, 11) is 1.91. The molecular formula is C24H19ClN4O2S2. The van der Waals surface area contributed by atoms with Gasteiger partial charge in [0.2, 0.25) is 0 Å². The molecule has 0 saturated carbocycles. The van der Waals surface area contributed by atoms with E-state index in [9.17, 15) is 9.59 Å². The number of fused-ring (bicyclic) bond motifs is 1. The van der Waals surface area contributed by atoms with E-state index in [4.69, 9.17) is 11.6 Å². The quantitative estimate of drug-likeness (QED) is 0.444. The molecule has 5 rings (SSSR count). The summed E-state index contributed by atoms with van der Waals surface area (Å²) in [5.74, 6) is 0. The predicted molar refractivity (Wildman–Crippen MR) is 137 cm³/mol. The molecule has 0 atom stereocenters. The molecule has 4 aromatic rings. The third kappa shape index (κ3) is 3.51. The summed E-state index contributed by atoms with van der Waals surface area (Å²) in [6, 6.07) is 14.9. The number of aromatic nitrogens is 3. The van der Waals surface area contributed by atoms with Crippen molar-refractivity contribution in [3.63, 3.8) is 0 Å². The molecule has 0 bridgehead atoms. The van der Waals surface area contributed by atoms with Gasteiger partial charge in [0.05, 0.1) is 16.7 Å². The van der Waals surface area contributed by atoms with Crippen molar-refractivity contribution in [3.05, 3.63) is 107 Å². The van der Waals surface area contributed by atoms with Crippen LogP contribution in [-0.4, -0.2) is 21.4 Å². The molecule has 0 radical (unpaired) electrons. The number of aromatic amines is 1. The van der Waals surface area contributed by atoms with Gasteiger partial charge >= 0.3 is 0 Å². The van der Waals surface area contributed by atoms with Gasteiger partial charge in [-0.05, 0) is 30.3 Å². The van der Waals surface area contributed by atoms with Crippen molar-refractivity contribution < 1.29 is 0 Å². The van der Waals surface area contributed by atoms with Crippen LogP contribution in [0.1, 0.15) is 0 Å². The lowest BCUT2D eigenvalue weighted by Crippen LogP contribution is -2.31. The largest absolute Gasteiger partial charge is 0.337 e. The molecular weight excluding hydrogens is 476 g/mol. The molecule has 2 aromatic heterocycles. The first kappa shape index (κ1) is 21.6. The first-order chi connectivity index (χ1) is 15.9. The monoisotopic (exact) mass is 494 g/mol. The number of nitrogens with zero attached hydrogens (tertiary/aromatic N) is 3. The van der Waals surface area contributed by atoms with Crippen molar-refractivity contribution in [2.24, 2.45) is 0 Å². The molecule has 0 amide bonds. The number of H-pyrrole nitrogens is 1. The number of nitrogens with one attached hydrogen (secondary N) is 1. The molecule has 1 aliphatic heterocycles. The first-order valence-corrected chi connectivity index (χ1v) is 12.1. The van der Waals surface area contributed by atoms with E-state index in [2.05, 4.69) is 18.3 Å². The highest BCUT2D eigenvalue weighted by Gasteiger charge is 2.25. The van der Waals surface area contributed by atoms with Crippen LogP contribution in [0.2, 0.25) is 5.02 Å². The molecule has 0 aliphatic carbocycles. The fourth-order valence-electron chi connectivity index (χ4n) is 3.81. The average Bonchev–Trinajstić information content (AvgIpc) is 3.40. The van der Waals surface area contributed by atoms with Crippen LogP contribution in [0, 0.1) is 9.88 Å². The maximum atomic E-state index is 13.5. The van der Waals surface area contributed by atoms with Crippen LogP contribution in [0.25, 0.3) is 17.3 Å². The fourth-order valence-corrected chi connectivity index (χ4v) is 6.48. The number of allylic oxidation sites excluding steroid dienone is 1. The zero-order valence-electron chi connectivity index (χ0n) is 17.7. The highest BCUT2D eigenvalue weighted by Crippen LogP contribution is 2.46. The Labute approximate surface area is 201 Å². The van der Waals surface area contributed by atoms with E-state index >= 15 is 0 Å². The molecule has 2 aromatic carbocycles. The summed E-state index contributed by atoms with van der Waals surface area (Å²) in [6.45, 7) is 8.12. The van der Waals surface area contributed by atoms with Crippen LogP contribution in [-0.2, 0) is 6.54 Å². The van der Waals surface area contributed by atoms with Crippen LogP contribution in [0.5, 0.6) is 0 Å². The maximum absolute atomic E-state index is 13.5. The van der Waals surface area contributed by atoms with Gasteiger partial charge in [-0.2, -0.15) is 0 Å². The summed E-state index contributed by atoms with van der Waals surface area (Å²) in [5.41, 5.74) is 1.21. The zero-order chi connectivity index (χ0) is 23.3. The van der Waals surface area contributed by atoms with Gasteiger partial charge in [0.15, 0.2) is 0 Å². The topological polar surface area (TPSA) is 63.0 Å². The van der Waals surface area contributed by atoms with Gasteiger partial charge in [-0.1, -0.05) is 54.2 Å². The minimum absolute atomic E-state index is 0.172. The second kappa shape index (κ2) is 8.30. The van der Waals surface area contributed by atoms with E-state index in [1.54, 1.807) is 10.6 Å². The van der Waals surface area contributed by atoms with Crippen molar-refractivity contribution >= 4 is 52.0 Å². The fraction of sp³-hybridized carbons (Fsp3) is 0.0833. The maximum Gasteiger partial charge on any atom is 0.282 e. The van der Waals surface area contributed by atoms with Gasteiger partial charge in [0.25, 0.3) is 11.1 Å². The Hall–Kier alpha value is -3.20. The minimum Gasteiger partial charge on any atom is -0.337 e. The van der Waals surface area contributed by atoms with Crippen LogP contribution < -0.4 is 25.9 Å². The molecule has 33 heavy (non-hydrogen) atoms. The van der Waals surface area contributed by atoms with Crippen LogP contribution in [0.3, 0.4) is 0 Å². The number of thioether (sulfide) groups is 1. The number of hydrogen-bond donors (Lipinski definition) is 1.